The van der Waals surface area contributed by atoms with Crippen LogP contribution in [-0.2, 0) is 18.4 Å². The van der Waals surface area contributed by atoms with E-state index < -0.39 is 6.10 Å². The highest BCUT2D eigenvalue weighted by atomic mass is 127. The highest BCUT2D eigenvalue weighted by Gasteiger charge is 2.22. The Bertz CT molecular complexity index is 1160. The fourth-order valence-electron chi connectivity index (χ4n) is 7.29. The second kappa shape index (κ2) is 35.6. The number of carbonyl (C=O) groups excluding carboxylic acids is 1. The number of benzene rings is 1. The first-order valence-corrected chi connectivity index (χ1v) is 22.7. The number of nitrogens with one attached hydrogen (secondary N) is 1. The SMILES string of the molecule is CCCCCCCCCCCCCCCCOc1ccc(OC(CCCCCCCCCCCCCCCC)C(=O)NCc2cccc[n+]2C)c(C)c1.[I-]. The van der Waals surface area contributed by atoms with Gasteiger partial charge in [0.2, 0.25) is 0 Å². The van der Waals surface area contributed by atoms with Gasteiger partial charge in [0.05, 0.1) is 6.61 Å². The Labute approximate surface area is 351 Å². The number of ether oxygens (including phenoxy) is 2. The van der Waals surface area contributed by atoms with Crippen LogP contribution in [0.15, 0.2) is 42.6 Å². The average Bonchev–Trinajstić information content (AvgIpc) is 3.16. The zero-order valence-electron chi connectivity index (χ0n) is 35.6. The van der Waals surface area contributed by atoms with E-state index in [1.807, 2.05) is 48.1 Å². The molecule has 1 heterocycles. The molecular weight excluding hydrogens is 779 g/mol. The minimum absolute atomic E-state index is 0. The van der Waals surface area contributed by atoms with E-state index in [2.05, 4.69) is 32.2 Å². The summed E-state index contributed by atoms with van der Waals surface area (Å²) in [5.74, 6) is 1.61. The Morgan fingerprint density at radius 3 is 1.56 bits per heavy atom. The molecule has 0 aliphatic rings. The van der Waals surface area contributed by atoms with Crippen LogP contribution < -0.4 is 43.3 Å². The summed E-state index contributed by atoms with van der Waals surface area (Å²) >= 11 is 0. The van der Waals surface area contributed by atoms with Crippen LogP contribution in [0.1, 0.15) is 211 Å². The van der Waals surface area contributed by atoms with Crippen molar-refractivity contribution >= 4 is 5.91 Å². The Kier molecular flexibility index (Phi) is 33.1. The predicted octanol–water partition coefficient (Wildman–Crippen LogP) is 10.6. The number of pyridine rings is 1. The monoisotopic (exact) mass is 863 g/mol. The number of carbonyl (C=O) groups is 1. The molecule has 1 aromatic heterocycles. The molecule has 1 N–H and O–H groups in total. The van der Waals surface area contributed by atoms with E-state index in [1.54, 1.807) is 0 Å². The number of hydrogen-bond acceptors (Lipinski definition) is 3. The third-order valence-electron chi connectivity index (χ3n) is 10.9. The Balaban J connectivity index is 0.0000146. The van der Waals surface area contributed by atoms with Gasteiger partial charge in [0.25, 0.3) is 5.91 Å². The van der Waals surface area contributed by atoms with Gasteiger partial charge in [-0.05, 0) is 49.9 Å². The van der Waals surface area contributed by atoms with Crippen LogP contribution >= 0.6 is 0 Å². The van der Waals surface area contributed by atoms with Gasteiger partial charge < -0.3 is 38.8 Å². The van der Waals surface area contributed by atoms with Gasteiger partial charge >= 0.3 is 0 Å². The summed E-state index contributed by atoms with van der Waals surface area (Å²) < 4.78 is 14.6. The zero-order valence-corrected chi connectivity index (χ0v) is 37.7. The van der Waals surface area contributed by atoms with Crippen LogP contribution in [0.3, 0.4) is 0 Å². The lowest BCUT2D eigenvalue weighted by atomic mass is 10.0. The smallest absolute Gasteiger partial charge is 0.261 e. The van der Waals surface area contributed by atoms with Crippen LogP contribution in [0.5, 0.6) is 11.5 Å². The lowest BCUT2D eigenvalue weighted by molar-refractivity contribution is -0.679. The van der Waals surface area contributed by atoms with Crippen molar-refractivity contribution in [1.29, 1.82) is 0 Å². The van der Waals surface area contributed by atoms with E-state index >= 15 is 0 Å². The molecule has 2 aromatic rings. The third-order valence-corrected chi connectivity index (χ3v) is 10.9. The molecule has 1 amide bonds. The van der Waals surface area contributed by atoms with Gasteiger partial charge in [0, 0.05) is 12.1 Å². The maximum Gasteiger partial charge on any atom is 0.261 e. The molecule has 0 saturated carbocycles. The fraction of sp³-hybridized carbons (Fsp3) is 0.750. The molecule has 0 radical (unpaired) electrons. The minimum atomic E-state index is -0.512. The van der Waals surface area contributed by atoms with Crippen molar-refractivity contribution in [2.45, 2.75) is 220 Å². The van der Waals surface area contributed by atoms with Crippen molar-refractivity contribution in [3.8, 4) is 11.5 Å². The summed E-state index contributed by atoms with van der Waals surface area (Å²) in [5, 5.41) is 3.15. The molecule has 310 valence electrons. The summed E-state index contributed by atoms with van der Waals surface area (Å²) in [6.45, 7) is 7.86. The van der Waals surface area contributed by atoms with Gasteiger partial charge in [-0.3, -0.25) is 4.79 Å². The van der Waals surface area contributed by atoms with E-state index in [-0.39, 0.29) is 29.9 Å². The minimum Gasteiger partial charge on any atom is -1.00 e. The molecule has 1 atom stereocenters. The van der Waals surface area contributed by atoms with Crippen molar-refractivity contribution in [1.82, 2.24) is 5.32 Å². The molecule has 1 aromatic carbocycles. The number of halogens is 1. The molecule has 0 spiro atoms. The van der Waals surface area contributed by atoms with E-state index in [0.717, 1.165) is 55.0 Å². The van der Waals surface area contributed by atoms with Crippen molar-refractivity contribution < 1.29 is 42.8 Å². The van der Waals surface area contributed by atoms with Crippen LogP contribution in [0.2, 0.25) is 0 Å². The van der Waals surface area contributed by atoms with Gasteiger partial charge in [-0.25, -0.2) is 4.57 Å². The van der Waals surface area contributed by atoms with Gasteiger partial charge in [-0.15, -0.1) is 0 Å². The van der Waals surface area contributed by atoms with Gasteiger partial charge in [0.1, 0.15) is 25.1 Å². The first-order chi connectivity index (χ1) is 26.0. The molecule has 0 bridgehead atoms. The lowest BCUT2D eigenvalue weighted by Crippen LogP contribution is -3.00. The van der Waals surface area contributed by atoms with Gasteiger partial charge in [0.15, 0.2) is 18.0 Å². The Hall–Kier alpha value is -1.83. The number of hydrogen-bond donors (Lipinski definition) is 1. The summed E-state index contributed by atoms with van der Waals surface area (Å²) in [6.07, 6.45) is 39.8. The van der Waals surface area contributed by atoms with Crippen molar-refractivity contribution in [3.63, 3.8) is 0 Å². The molecule has 0 aliphatic heterocycles. The molecular formula is C48H83IN2O3. The van der Waals surface area contributed by atoms with E-state index in [4.69, 9.17) is 9.47 Å². The molecule has 0 aliphatic carbocycles. The van der Waals surface area contributed by atoms with Crippen LogP contribution in [-0.4, -0.2) is 18.6 Å². The number of aromatic nitrogens is 1. The largest absolute Gasteiger partial charge is 1.00 e. The average molecular weight is 863 g/mol. The molecule has 6 heteroatoms. The van der Waals surface area contributed by atoms with E-state index in [9.17, 15) is 4.79 Å². The summed E-state index contributed by atoms with van der Waals surface area (Å²) in [5.41, 5.74) is 2.07. The van der Waals surface area contributed by atoms with E-state index in [0.29, 0.717) is 6.54 Å². The van der Waals surface area contributed by atoms with E-state index in [1.165, 1.54) is 161 Å². The number of rotatable bonds is 36. The van der Waals surface area contributed by atoms with Gasteiger partial charge in [-0.1, -0.05) is 187 Å². The third kappa shape index (κ3) is 26.1. The second-order valence-electron chi connectivity index (χ2n) is 15.9. The fourth-order valence-corrected chi connectivity index (χ4v) is 7.29. The highest BCUT2D eigenvalue weighted by molar-refractivity contribution is 5.81. The predicted molar refractivity (Wildman–Crippen MR) is 226 cm³/mol. The maximum absolute atomic E-state index is 13.5. The molecule has 54 heavy (non-hydrogen) atoms. The number of aryl methyl sites for hydroxylation is 2. The standard InChI is InChI=1S/C48H82N2O3.HI/c1-5-7-9-11-13-15-17-19-21-23-25-27-29-31-36-47(48(51)49-42-44-35-32-33-39-50(44)4)53-46-38-37-45(41-43(46)3)52-40-34-30-28-26-24-22-20-18-16-14-12-10-8-6-2;/h32-33,35,37-39,41,47H,5-31,34,36,40,42H2,1-4H3;1H. The van der Waals surface area contributed by atoms with Crippen LogP contribution in [0, 0.1) is 6.92 Å². The zero-order chi connectivity index (χ0) is 38.0. The van der Waals surface area contributed by atoms with Crippen molar-refractivity contribution in [3.05, 3.63) is 53.9 Å². The topological polar surface area (TPSA) is 51.4 Å². The molecule has 5 nitrogen and oxygen atoms in total. The first kappa shape index (κ1) is 50.2. The first-order valence-electron chi connectivity index (χ1n) is 22.7. The Morgan fingerprint density at radius 2 is 1.09 bits per heavy atom. The molecule has 1 unspecified atom stereocenters. The maximum atomic E-state index is 13.5. The Morgan fingerprint density at radius 1 is 0.630 bits per heavy atom. The normalized spacial score (nSPS) is 11.6. The summed E-state index contributed by atoms with van der Waals surface area (Å²) in [7, 11) is 2.01. The molecule has 0 saturated heterocycles. The summed E-state index contributed by atoms with van der Waals surface area (Å²) in [4.78, 5) is 13.5. The lowest BCUT2D eigenvalue weighted by Gasteiger charge is -2.20. The van der Waals surface area contributed by atoms with Crippen LogP contribution in [0.4, 0.5) is 0 Å². The van der Waals surface area contributed by atoms with Crippen molar-refractivity contribution in [2.75, 3.05) is 6.61 Å². The number of amides is 1. The quantitative estimate of drug-likeness (QED) is 0.0422. The van der Waals surface area contributed by atoms with Crippen LogP contribution in [0.25, 0.3) is 0 Å². The number of nitrogens with zero attached hydrogens (tertiary/aromatic N) is 1. The summed E-state index contributed by atoms with van der Waals surface area (Å²) in [6, 6.07) is 12.1. The second-order valence-corrected chi connectivity index (χ2v) is 15.9. The van der Waals surface area contributed by atoms with Crippen molar-refractivity contribution in [2.24, 2.45) is 7.05 Å². The number of unbranched alkanes of at least 4 members (excludes halogenated alkanes) is 26. The molecule has 2 rings (SSSR count). The molecule has 0 fully saturated rings. The van der Waals surface area contributed by atoms with Gasteiger partial charge in [-0.2, -0.15) is 0 Å². The highest BCUT2D eigenvalue weighted by Crippen LogP contribution is 2.26.